The largest absolute Gasteiger partial charge is 0.396 e. The summed E-state index contributed by atoms with van der Waals surface area (Å²) in [5.41, 5.74) is 1.20. The molecule has 1 N–H and O–H groups in total. The van der Waals surface area contributed by atoms with E-state index < -0.39 is 0 Å². The van der Waals surface area contributed by atoms with Crippen molar-refractivity contribution in [3.05, 3.63) is 27.1 Å². The third kappa shape index (κ3) is 2.37. The summed E-state index contributed by atoms with van der Waals surface area (Å²) in [5, 5.41) is 9.12. The summed E-state index contributed by atoms with van der Waals surface area (Å²) in [4.78, 5) is 2.31. The standard InChI is InChI=1S/C11H13Br2NO/c12-9-2-1-3-10(13)11(9)14-5-4-8(6-14)7-15/h1-3,8,15H,4-7H2. The Labute approximate surface area is 107 Å². The average molecular weight is 335 g/mol. The van der Waals surface area contributed by atoms with E-state index in [9.17, 15) is 0 Å². The summed E-state index contributed by atoms with van der Waals surface area (Å²) in [6.07, 6.45) is 1.07. The molecule has 82 valence electrons. The molecule has 1 aliphatic rings. The van der Waals surface area contributed by atoms with Gasteiger partial charge in [-0.25, -0.2) is 0 Å². The normalized spacial score (nSPS) is 21.0. The molecule has 4 heteroatoms. The van der Waals surface area contributed by atoms with Gasteiger partial charge in [-0.05, 0) is 50.4 Å². The van der Waals surface area contributed by atoms with Crippen LogP contribution in [-0.2, 0) is 0 Å². The number of hydrogen-bond donors (Lipinski definition) is 1. The Morgan fingerprint density at radius 2 is 2.00 bits per heavy atom. The molecule has 0 bridgehead atoms. The average Bonchev–Trinajstić information content (AvgIpc) is 2.66. The highest BCUT2D eigenvalue weighted by atomic mass is 79.9. The molecule has 0 amide bonds. The highest BCUT2D eigenvalue weighted by Crippen LogP contribution is 2.36. The zero-order valence-electron chi connectivity index (χ0n) is 8.29. The second-order valence-electron chi connectivity index (χ2n) is 3.85. The first-order chi connectivity index (χ1) is 7.22. The molecule has 1 aromatic carbocycles. The Morgan fingerprint density at radius 3 is 2.53 bits per heavy atom. The van der Waals surface area contributed by atoms with E-state index in [2.05, 4.69) is 36.8 Å². The third-order valence-electron chi connectivity index (χ3n) is 2.80. The van der Waals surface area contributed by atoms with Crippen LogP contribution in [0.3, 0.4) is 0 Å². The summed E-state index contributed by atoms with van der Waals surface area (Å²) in [7, 11) is 0. The Hall–Kier alpha value is -0.0600. The van der Waals surface area contributed by atoms with Crippen molar-refractivity contribution in [1.29, 1.82) is 0 Å². The second-order valence-corrected chi connectivity index (χ2v) is 5.56. The maximum Gasteiger partial charge on any atom is 0.0655 e. The summed E-state index contributed by atoms with van der Waals surface area (Å²) in [6, 6.07) is 6.11. The van der Waals surface area contributed by atoms with Crippen LogP contribution >= 0.6 is 31.9 Å². The maximum absolute atomic E-state index is 9.12. The number of para-hydroxylation sites is 1. The molecule has 2 rings (SSSR count). The number of anilines is 1. The minimum atomic E-state index is 0.290. The molecule has 0 saturated carbocycles. The van der Waals surface area contributed by atoms with Gasteiger partial charge in [0.15, 0.2) is 0 Å². The van der Waals surface area contributed by atoms with Crippen molar-refractivity contribution in [2.24, 2.45) is 5.92 Å². The predicted octanol–water partition coefficient (Wildman–Crippen LogP) is 3.03. The van der Waals surface area contributed by atoms with Crippen LogP contribution in [0.1, 0.15) is 6.42 Å². The Balaban J connectivity index is 2.23. The van der Waals surface area contributed by atoms with Crippen LogP contribution in [-0.4, -0.2) is 24.8 Å². The maximum atomic E-state index is 9.12. The predicted molar refractivity (Wildman–Crippen MR) is 69.2 cm³/mol. The monoisotopic (exact) mass is 333 g/mol. The fourth-order valence-electron chi connectivity index (χ4n) is 1.98. The molecule has 0 aromatic heterocycles. The highest BCUT2D eigenvalue weighted by Gasteiger charge is 2.24. The number of benzene rings is 1. The summed E-state index contributed by atoms with van der Waals surface area (Å²) >= 11 is 7.13. The van der Waals surface area contributed by atoms with E-state index in [0.717, 1.165) is 28.5 Å². The molecule has 1 heterocycles. The fraction of sp³-hybridized carbons (Fsp3) is 0.455. The quantitative estimate of drug-likeness (QED) is 0.898. The molecule has 0 spiro atoms. The van der Waals surface area contributed by atoms with Crippen LogP contribution in [0, 0.1) is 5.92 Å². The number of nitrogens with zero attached hydrogens (tertiary/aromatic N) is 1. The van der Waals surface area contributed by atoms with Crippen molar-refractivity contribution in [3.63, 3.8) is 0 Å². The van der Waals surface area contributed by atoms with E-state index in [1.807, 2.05) is 18.2 Å². The Kier molecular flexibility index (Phi) is 3.69. The molecule has 1 atom stereocenters. The van der Waals surface area contributed by atoms with Crippen molar-refractivity contribution in [2.75, 3.05) is 24.6 Å². The van der Waals surface area contributed by atoms with E-state index >= 15 is 0 Å². The van der Waals surface area contributed by atoms with Crippen LogP contribution in [0.4, 0.5) is 5.69 Å². The van der Waals surface area contributed by atoms with Crippen molar-refractivity contribution in [2.45, 2.75) is 6.42 Å². The fourth-order valence-corrected chi connectivity index (χ4v) is 3.48. The van der Waals surface area contributed by atoms with E-state index in [4.69, 9.17) is 5.11 Å². The Morgan fingerprint density at radius 1 is 1.33 bits per heavy atom. The van der Waals surface area contributed by atoms with E-state index in [-0.39, 0.29) is 0 Å². The van der Waals surface area contributed by atoms with Gasteiger partial charge in [-0.1, -0.05) is 6.07 Å². The number of aliphatic hydroxyl groups excluding tert-OH is 1. The van der Waals surface area contributed by atoms with E-state index in [1.54, 1.807) is 0 Å². The second kappa shape index (κ2) is 4.85. The van der Waals surface area contributed by atoms with Crippen molar-refractivity contribution in [3.8, 4) is 0 Å². The van der Waals surface area contributed by atoms with Crippen LogP contribution in [0.2, 0.25) is 0 Å². The highest BCUT2D eigenvalue weighted by molar-refractivity contribution is 9.11. The number of aliphatic hydroxyl groups is 1. The summed E-state index contributed by atoms with van der Waals surface area (Å²) in [6.45, 7) is 2.25. The number of hydrogen-bond acceptors (Lipinski definition) is 2. The summed E-state index contributed by atoms with van der Waals surface area (Å²) < 4.78 is 2.21. The molecule has 15 heavy (non-hydrogen) atoms. The van der Waals surface area contributed by atoms with Gasteiger partial charge in [-0.2, -0.15) is 0 Å². The number of rotatable bonds is 2. The van der Waals surface area contributed by atoms with E-state index in [0.29, 0.717) is 12.5 Å². The van der Waals surface area contributed by atoms with Crippen LogP contribution < -0.4 is 4.90 Å². The first-order valence-corrected chi connectivity index (χ1v) is 6.61. The van der Waals surface area contributed by atoms with Crippen LogP contribution in [0.15, 0.2) is 27.1 Å². The first-order valence-electron chi connectivity index (χ1n) is 5.02. The molecule has 1 fully saturated rings. The lowest BCUT2D eigenvalue weighted by Crippen LogP contribution is -2.21. The molecule has 0 aliphatic carbocycles. The summed E-state index contributed by atoms with van der Waals surface area (Å²) in [5.74, 6) is 0.420. The van der Waals surface area contributed by atoms with Gasteiger partial charge < -0.3 is 10.0 Å². The molecule has 1 aliphatic heterocycles. The lowest BCUT2D eigenvalue weighted by Gasteiger charge is -2.21. The van der Waals surface area contributed by atoms with Gasteiger partial charge in [0.05, 0.1) is 5.69 Å². The first kappa shape index (κ1) is 11.4. The van der Waals surface area contributed by atoms with E-state index in [1.165, 1.54) is 5.69 Å². The minimum Gasteiger partial charge on any atom is -0.396 e. The molecule has 2 nitrogen and oxygen atoms in total. The third-order valence-corrected chi connectivity index (χ3v) is 4.08. The lowest BCUT2D eigenvalue weighted by atomic mass is 10.1. The van der Waals surface area contributed by atoms with Crippen molar-refractivity contribution in [1.82, 2.24) is 0 Å². The van der Waals surface area contributed by atoms with Gasteiger partial charge in [-0.15, -0.1) is 0 Å². The van der Waals surface area contributed by atoms with Crippen molar-refractivity contribution < 1.29 is 5.11 Å². The molecule has 1 saturated heterocycles. The van der Waals surface area contributed by atoms with Gasteiger partial charge in [0.25, 0.3) is 0 Å². The van der Waals surface area contributed by atoms with Gasteiger partial charge in [0, 0.05) is 34.6 Å². The molecule has 0 radical (unpaired) electrons. The van der Waals surface area contributed by atoms with Crippen LogP contribution in [0.25, 0.3) is 0 Å². The Bertz CT molecular complexity index is 336. The van der Waals surface area contributed by atoms with Gasteiger partial charge in [-0.3, -0.25) is 0 Å². The topological polar surface area (TPSA) is 23.5 Å². The molecular formula is C11H13Br2NO. The van der Waals surface area contributed by atoms with Gasteiger partial charge in [0.2, 0.25) is 0 Å². The van der Waals surface area contributed by atoms with Gasteiger partial charge >= 0.3 is 0 Å². The minimum absolute atomic E-state index is 0.290. The zero-order chi connectivity index (χ0) is 10.8. The lowest BCUT2D eigenvalue weighted by molar-refractivity contribution is 0.238. The molecular weight excluding hydrogens is 322 g/mol. The van der Waals surface area contributed by atoms with Crippen LogP contribution in [0.5, 0.6) is 0 Å². The smallest absolute Gasteiger partial charge is 0.0655 e. The number of halogens is 2. The molecule has 1 aromatic rings. The zero-order valence-corrected chi connectivity index (χ0v) is 11.5. The molecule has 1 unspecified atom stereocenters. The van der Waals surface area contributed by atoms with Gasteiger partial charge in [0.1, 0.15) is 0 Å². The SMILES string of the molecule is OCC1CCN(c2c(Br)cccc2Br)C1. The van der Waals surface area contributed by atoms with Crippen molar-refractivity contribution >= 4 is 37.5 Å².